The van der Waals surface area contributed by atoms with Crippen LogP contribution >= 0.6 is 0 Å². The molecule has 0 N–H and O–H groups in total. The summed E-state index contributed by atoms with van der Waals surface area (Å²) in [7, 11) is 0. The lowest BCUT2D eigenvalue weighted by atomic mass is 9.85. The monoisotopic (exact) mass is 672 g/mol. The molecule has 11 aromatic rings. The van der Waals surface area contributed by atoms with Crippen LogP contribution in [0.1, 0.15) is 0 Å². The molecule has 0 aliphatic carbocycles. The molecule has 246 valence electrons. The van der Waals surface area contributed by atoms with Crippen LogP contribution in [0, 0.1) is 0 Å². The van der Waals surface area contributed by atoms with Crippen molar-refractivity contribution in [3.05, 3.63) is 194 Å². The topological polar surface area (TPSA) is 13.1 Å². The zero-order valence-corrected chi connectivity index (χ0v) is 28.9. The predicted molar refractivity (Wildman–Crippen MR) is 225 cm³/mol. The lowest BCUT2D eigenvalue weighted by Crippen LogP contribution is -1.91. The second-order valence-electron chi connectivity index (χ2n) is 14.0. The molecule has 0 saturated carbocycles. The largest absolute Gasteiger partial charge is 0.456 e. The fourth-order valence-corrected chi connectivity index (χ4v) is 8.61. The summed E-state index contributed by atoms with van der Waals surface area (Å²) in [6.07, 6.45) is 0. The van der Waals surface area contributed by atoms with Gasteiger partial charge in [0.05, 0.1) is 0 Å². The van der Waals surface area contributed by atoms with E-state index < -0.39 is 0 Å². The number of benzene rings is 10. The first-order chi connectivity index (χ1) is 26.3. The van der Waals surface area contributed by atoms with Gasteiger partial charge in [0.15, 0.2) is 0 Å². The molecule has 1 nitrogen and oxygen atoms in total. The minimum Gasteiger partial charge on any atom is -0.456 e. The molecule has 10 aromatic carbocycles. The highest BCUT2D eigenvalue weighted by Gasteiger charge is 2.19. The van der Waals surface area contributed by atoms with E-state index in [-0.39, 0.29) is 0 Å². The van der Waals surface area contributed by atoms with Gasteiger partial charge in [0, 0.05) is 10.8 Å². The van der Waals surface area contributed by atoms with E-state index in [1.54, 1.807) is 0 Å². The van der Waals surface area contributed by atoms with E-state index in [1.807, 2.05) is 0 Å². The lowest BCUT2D eigenvalue weighted by Gasteiger charge is -2.18. The van der Waals surface area contributed by atoms with Gasteiger partial charge < -0.3 is 4.42 Å². The van der Waals surface area contributed by atoms with Crippen molar-refractivity contribution in [3.63, 3.8) is 0 Å². The van der Waals surface area contributed by atoms with Crippen LogP contribution in [0.2, 0.25) is 0 Å². The first kappa shape index (κ1) is 29.7. The summed E-state index contributed by atoms with van der Waals surface area (Å²) in [6.45, 7) is 0. The molecule has 0 amide bonds. The highest BCUT2D eigenvalue weighted by Crippen LogP contribution is 2.46. The minimum absolute atomic E-state index is 0.910. The Bertz CT molecular complexity index is 3160. The molecule has 0 fully saturated rings. The summed E-state index contributed by atoms with van der Waals surface area (Å²) < 4.78 is 6.39. The molecule has 0 radical (unpaired) electrons. The average Bonchev–Trinajstić information content (AvgIpc) is 3.61. The first-order valence-corrected chi connectivity index (χ1v) is 18.3. The Kier molecular flexibility index (Phi) is 6.62. The van der Waals surface area contributed by atoms with Crippen molar-refractivity contribution in [2.24, 2.45) is 0 Å². The molecule has 0 bridgehead atoms. The smallest absolute Gasteiger partial charge is 0.136 e. The van der Waals surface area contributed by atoms with E-state index in [2.05, 4.69) is 194 Å². The SMILES string of the molecule is c1ccc(-c2ccc3ccccc3c2)c(-c2ccc(-c3c4ccccc4c(-c4ccc5oc6ccc7ccccc7c6c5c4)c4ccccc34)cc2)c1. The Morgan fingerprint density at radius 1 is 0.264 bits per heavy atom. The Labute approximate surface area is 307 Å². The molecule has 0 spiro atoms. The molecule has 0 saturated heterocycles. The molecule has 53 heavy (non-hydrogen) atoms. The van der Waals surface area contributed by atoms with E-state index in [0.717, 1.165) is 16.6 Å². The molecular formula is C52H32O. The van der Waals surface area contributed by atoms with Crippen molar-refractivity contribution < 1.29 is 4.42 Å². The summed E-state index contributed by atoms with van der Waals surface area (Å²) in [5, 5.41) is 12.2. The number of fused-ring (bicyclic) bond motifs is 8. The van der Waals surface area contributed by atoms with Crippen molar-refractivity contribution in [3.8, 4) is 44.5 Å². The molecule has 0 aliphatic heterocycles. The number of furan rings is 1. The minimum atomic E-state index is 0.910. The molecule has 0 unspecified atom stereocenters. The molecule has 11 rings (SSSR count). The van der Waals surface area contributed by atoms with Gasteiger partial charge in [-0.1, -0.05) is 170 Å². The molecule has 1 heteroatoms. The molecule has 1 heterocycles. The van der Waals surface area contributed by atoms with Crippen molar-refractivity contribution >= 4 is 65.0 Å². The van der Waals surface area contributed by atoms with Crippen LogP contribution in [0.4, 0.5) is 0 Å². The van der Waals surface area contributed by atoms with E-state index >= 15 is 0 Å². The van der Waals surface area contributed by atoms with Gasteiger partial charge in [-0.2, -0.15) is 0 Å². The van der Waals surface area contributed by atoms with E-state index in [9.17, 15) is 0 Å². The molecule has 0 atom stereocenters. The van der Waals surface area contributed by atoms with Crippen LogP contribution in [0.15, 0.2) is 199 Å². The van der Waals surface area contributed by atoms with E-state index in [0.29, 0.717) is 0 Å². The second-order valence-corrected chi connectivity index (χ2v) is 14.0. The number of hydrogen-bond donors (Lipinski definition) is 0. The van der Waals surface area contributed by atoms with Crippen molar-refractivity contribution in [1.29, 1.82) is 0 Å². The molecular weight excluding hydrogens is 641 g/mol. The molecule has 1 aromatic heterocycles. The zero-order chi connectivity index (χ0) is 34.9. The summed E-state index contributed by atoms with van der Waals surface area (Å²) in [5.74, 6) is 0. The van der Waals surface area contributed by atoms with Crippen LogP contribution < -0.4 is 0 Å². The number of rotatable bonds is 4. The van der Waals surface area contributed by atoms with Gasteiger partial charge >= 0.3 is 0 Å². The fraction of sp³-hybridized carbons (Fsp3) is 0. The Balaban J connectivity index is 1.08. The summed E-state index contributed by atoms with van der Waals surface area (Å²) in [6, 6.07) is 70.6. The number of hydrogen-bond acceptors (Lipinski definition) is 1. The van der Waals surface area contributed by atoms with Gasteiger partial charge in [-0.25, -0.2) is 0 Å². The average molecular weight is 673 g/mol. The Morgan fingerprint density at radius 2 is 0.736 bits per heavy atom. The van der Waals surface area contributed by atoms with Gasteiger partial charge in [0.1, 0.15) is 11.2 Å². The maximum Gasteiger partial charge on any atom is 0.136 e. The third-order valence-corrected chi connectivity index (χ3v) is 11.1. The maximum absolute atomic E-state index is 6.39. The maximum atomic E-state index is 6.39. The summed E-state index contributed by atoms with van der Waals surface area (Å²) in [4.78, 5) is 0. The second kappa shape index (κ2) is 11.8. The highest BCUT2D eigenvalue weighted by atomic mass is 16.3. The Hall–Kier alpha value is -6.96. The van der Waals surface area contributed by atoms with Crippen molar-refractivity contribution in [1.82, 2.24) is 0 Å². The van der Waals surface area contributed by atoms with Crippen LogP contribution in [-0.2, 0) is 0 Å². The van der Waals surface area contributed by atoms with Gasteiger partial charge in [-0.3, -0.25) is 0 Å². The highest BCUT2D eigenvalue weighted by molar-refractivity contribution is 6.23. The van der Waals surface area contributed by atoms with Crippen molar-refractivity contribution in [2.45, 2.75) is 0 Å². The summed E-state index contributed by atoms with van der Waals surface area (Å²) >= 11 is 0. The molecule has 0 aliphatic rings. The van der Waals surface area contributed by atoms with Gasteiger partial charge in [0.2, 0.25) is 0 Å². The van der Waals surface area contributed by atoms with Crippen LogP contribution in [-0.4, -0.2) is 0 Å². The van der Waals surface area contributed by atoms with Crippen LogP contribution in [0.5, 0.6) is 0 Å². The predicted octanol–water partition coefficient (Wildman–Crippen LogP) is 14.9. The standard InChI is InChI=1S/C52H32O/c1-2-13-37-31-38(26-21-33(37)11-1)41-15-6-5-14-40(41)35-22-24-36(25-23-35)50-43-17-7-9-19-45(43)51(46-20-10-8-18-44(46)50)39-28-29-48-47(32-39)52-42-16-4-3-12-34(42)27-30-49(52)53-48/h1-32H. The lowest BCUT2D eigenvalue weighted by molar-refractivity contribution is 0.669. The van der Waals surface area contributed by atoms with Crippen LogP contribution in [0.3, 0.4) is 0 Å². The normalized spacial score (nSPS) is 11.8. The third-order valence-electron chi connectivity index (χ3n) is 11.1. The van der Waals surface area contributed by atoms with Gasteiger partial charge in [-0.05, 0) is 112 Å². The quantitative estimate of drug-likeness (QED) is 0.170. The zero-order valence-electron chi connectivity index (χ0n) is 28.9. The van der Waals surface area contributed by atoms with Gasteiger partial charge in [-0.15, -0.1) is 0 Å². The van der Waals surface area contributed by atoms with E-state index in [4.69, 9.17) is 4.42 Å². The Morgan fingerprint density at radius 3 is 1.43 bits per heavy atom. The van der Waals surface area contributed by atoms with Crippen molar-refractivity contribution in [2.75, 3.05) is 0 Å². The summed E-state index contributed by atoms with van der Waals surface area (Å²) in [5.41, 5.74) is 11.6. The van der Waals surface area contributed by atoms with E-state index in [1.165, 1.54) is 93.0 Å². The van der Waals surface area contributed by atoms with Gasteiger partial charge in [0.25, 0.3) is 0 Å². The third kappa shape index (κ3) is 4.71. The first-order valence-electron chi connectivity index (χ1n) is 18.3. The van der Waals surface area contributed by atoms with Crippen LogP contribution in [0.25, 0.3) is 110 Å². The fourth-order valence-electron chi connectivity index (χ4n) is 8.61.